The highest BCUT2D eigenvalue weighted by atomic mass is 16.5. The molecule has 5 rings (SSSR count). The number of fused-ring (bicyclic) bond motifs is 6. The molecule has 1 aromatic heterocycles. The molecule has 0 saturated carbocycles. The maximum atomic E-state index is 5.40. The molecule has 1 aromatic carbocycles. The van der Waals surface area contributed by atoms with E-state index >= 15 is 0 Å². The predicted octanol–water partition coefficient (Wildman–Crippen LogP) is 5.26. The number of pyridine rings is 2. The van der Waals surface area contributed by atoms with Crippen molar-refractivity contribution in [2.75, 3.05) is 7.11 Å². The molecule has 3 nitrogen and oxygen atoms in total. The Labute approximate surface area is 147 Å². The topological polar surface area (TPSA) is 26.5 Å². The average Bonchev–Trinajstić information content (AvgIpc) is 2.99. The van der Waals surface area contributed by atoms with Gasteiger partial charge in [-0.1, -0.05) is 12.8 Å². The van der Waals surface area contributed by atoms with Crippen molar-refractivity contribution in [3.63, 3.8) is 0 Å². The summed E-state index contributed by atoms with van der Waals surface area (Å²) in [4.78, 5) is 4.93. The lowest BCUT2D eigenvalue weighted by molar-refractivity contribution is 0.415. The van der Waals surface area contributed by atoms with E-state index in [0.29, 0.717) is 0 Å². The van der Waals surface area contributed by atoms with E-state index in [-0.39, 0.29) is 0 Å². The molecule has 2 aliphatic heterocycles. The first-order valence-corrected chi connectivity index (χ1v) is 9.23. The molecule has 0 amide bonds. The second-order valence-electron chi connectivity index (χ2n) is 7.10. The zero-order valence-electron chi connectivity index (χ0n) is 14.6. The Morgan fingerprint density at radius 2 is 1.80 bits per heavy atom. The Balaban J connectivity index is 1.77. The normalized spacial score (nSPS) is 15.2. The molecule has 25 heavy (non-hydrogen) atoms. The fourth-order valence-corrected chi connectivity index (χ4v) is 4.19. The Morgan fingerprint density at radius 1 is 0.960 bits per heavy atom. The second kappa shape index (κ2) is 5.76. The molecule has 0 fully saturated rings. The van der Waals surface area contributed by atoms with E-state index in [1.807, 2.05) is 6.07 Å². The van der Waals surface area contributed by atoms with Crippen LogP contribution in [0.5, 0.6) is 5.75 Å². The summed E-state index contributed by atoms with van der Waals surface area (Å²) >= 11 is 0. The predicted molar refractivity (Wildman–Crippen MR) is 102 cm³/mol. The molecule has 0 unspecified atom stereocenters. The third-order valence-corrected chi connectivity index (χ3v) is 5.56. The summed E-state index contributed by atoms with van der Waals surface area (Å²) in [5.41, 5.74) is 7.57. The fraction of sp³-hybridized carbons (Fsp3) is 0.318. The Bertz CT molecular complexity index is 1050. The number of nitrogens with zero attached hydrogens (tertiary/aromatic N) is 2. The average molecular weight is 330 g/mol. The number of hydrogen-bond donors (Lipinski definition) is 0. The SMILES string of the molecule is COc1ccc2nc3c4cc5c(cn4ccc-3c2c1)CCCCCC5. The van der Waals surface area contributed by atoms with Gasteiger partial charge in [-0.25, -0.2) is 4.98 Å². The highest BCUT2D eigenvalue weighted by molar-refractivity contribution is 6.02. The molecule has 0 N–H and O–H groups in total. The Hall–Kier alpha value is -2.55. The third-order valence-electron chi connectivity index (χ3n) is 5.56. The standard InChI is InChI=1S/C22H22N2O/c1-25-17-8-9-20-19(13-17)18-10-11-24-14-16-7-5-3-2-4-6-15(16)12-21(24)22(18)23-20/h8-14H,2-7H2,1H3. The summed E-state index contributed by atoms with van der Waals surface area (Å²) in [5.74, 6) is 0.882. The van der Waals surface area contributed by atoms with Gasteiger partial charge >= 0.3 is 0 Å². The first-order chi connectivity index (χ1) is 12.3. The van der Waals surface area contributed by atoms with E-state index in [4.69, 9.17) is 9.72 Å². The maximum Gasteiger partial charge on any atom is 0.119 e. The molecule has 0 atom stereocenters. The molecule has 0 bridgehead atoms. The zero-order chi connectivity index (χ0) is 16.8. The lowest BCUT2D eigenvalue weighted by Crippen LogP contribution is -2.04. The highest BCUT2D eigenvalue weighted by Gasteiger charge is 2.17. The number of aromatic nitrogens is 2. The number of rotatable bonds is 1. The first-order valence-electron chi connectivity index (χ1n) is 9.23. The minimum Gasteiger partial charge on any atom is -0.497 e. The third kappa shape index (κ3) is 2.38. The van der Waals surface area contributed by atoms with E-state index in [1.165, 1.54) is 66.1 Å². The van der Waals surface area contributed by atoms with E-state index in [0.717, 1.165) is 17.0 Å². The fourth-order valence-electron chi connectivity index (χ4n) is 4.19. The lowest BCUT2D eigenvalue weighted by atomic mass is 9.94. The van der Waals surface area contributed by atoms with Gasteiger partial charge in [-0.15, -0.1) is 0 Å². The van der Waals surface area contributed by atoms with Crippen molar-refractivity contribution in [2.45, 2.75) is 38.5 Å². The van der Waals surface area contributed by atoms with Crippen LogP contribution in [0.3, 0.4) is 0 Å². The van der Waals surface area contributed by atoms with Crippen molar-refractivity contribution in [3.05, 3.63) is 53.9 Å². The summed E-state index contributed by atoms with van der Waals surface area (Å²) < 4.78 is 7.65. The van der Waals surface area contributed by atoms with Crippen LogP contribution in [0, 0.1) is 0 Å². The quantitative estimate of drug-likeness (QED) is 0.476. The molecule has 3 heterocycles. The van der Waals surface area contributed by atoms with Crippen molar-refractivity contribution in [2.24, 2.45) is 0 Å². The number of methoxy groups -OCH3 is 1. The molecule has 0 saturated heterocycles. The summed E-state index contributed by atoms with van der Waals surface area (Å²) in [6.45, 7) is 0. The number of ether oxygens (including phenoxy) is 1. The van der Waals surface area contributed by atoms with Crippen LogP contribution in [0.2, 0.25) is 0 Å². The Kier molecular flexibility index (Phi) is 3.40. The van der Waals surface area contributed by atoms with Gasteiger partial charge in [-0.2, -0.15) is 0 Å². The van der Waals surface area contributed by atoms with Crippen molar-refractivity contribution in [3.8, 4) is 17.0 Å². The van der Waals surface area contributed by atoms with Crippen LogP contribution in [0.4, 0.5) is 0 Å². The molecule has 2 aromatic rings. The highest BCUT2D eigenvalue weighted by Crippen LogP contribution is 2.36. The van der Waals surface area contributed by atoms with Crippen LogP contribution in [0.1, 0.15) is 36.8 Å². The van der Waals surface area contributed by atoms with Gasteiger partial charge < -0.3 is 9.14 Å². The van der Waals surface area contributed by atoms with Crippen LogP contribution >= 0.6 is 0 Å². The van der Waals surface area contributed by atoms with Crippen LogP contribution in [-0.2, 0) is 12.8 Å². The van der Waals surface area contributed by atoms with E-state index < -0.39 is 0 Å². The van der Waals surface area contributed by atoms with Crippen molar-refractivity contribution in [1.29, 1.82) is 0 Å². The van der Waals surface area contributed by atoms with Gasteiger partial charge in [0.15, 0.2) is 0 Å². The number of benzene rings is 1. The molecule has 126 valence electrons. The molecule has 3 aliphatic rings. The monoisotopic (exact) mass is 330 g/mol. The minimum atomic E-state index is 0.882. The van der Waals surface area contributed by atoms with Crippen LogP contribution in [-0.4, -0.2) is 16.5 Å². The zero-order valence-corrected chi connectivity index (χ0v) is 14.6. The summed E-state index contributed by atoms with van der Waals surface area (Å²) in [7, 11) is 1.71. The van der Waals surface area contributed by atoms with E-state index in [9.17, 15) is 0 Å². The molecular weight excluding hydrogens is 308 g/mol. The van der Waals surface area contributed by atoms with Gasteiger partial charge in [-0.05, 0) is 67.1 Å². The summed E-state index contributed by atoms with van der Waals surface area (Å²) in [6.07, 6.45) is 12.2. The molecule has 0 radical (unpaired) electrons. The largest absolute Gasteiger partial charge is 0.497 e. The summed E-state index contributed by atoms with van der Waals surface area (Å²) in [5, 5.41) is 1.17. The van der Waals surface area contributed by atoms with Gasteiger partial charge in [0, 0.05) is 23.3 Å². The lowest BCUT2D eigenvalue weighted by Gasteiger charge is -2.17. The first kappa shape index (κ1) is 14.8. The molecule has 0 spiro atoms. The van der Waals surface area contributed by atoms with Crippen LogP contribution in [0.15, 0.2) is 42.7 Å². The van der Waals surface area contributed by atoms with Crippen LogP contribution < -0.4 is 4.74 Å². The number of hydrogen-bond acceptors (Lipinski definition) is 2. The molecular formula is C22H22N2O. The van der Waals surface area contributed by atoms with E-state index in [1.54, 1.807) is 7.11 Å². The smallest absolute Gasteiger partial charge is 0.119 e. The van der Waals surface area contributed by atoms with Gasteiger partial charge in [0.05, 0.1) is 23.8 Å². The van der Waals surface area contributed by atoms with Crippen LogP contribution in [0.25, 0.3) is 27.7 Å². The van der Waals surface area contributed by atoms with Gasteiger partial charge in [0.1, 0.15) is 5.75 Å². The van der Waals surface area contributed by atoms with Crippen molar-refractivity contribution >= 4 is 16.4 Å². The number of aryl methyl sites for hydroxylation is 2. The maximum absolute atomic E-state index is 5.40. The molecule has 3 heteroatoms. The van der Waals surface area contributed by atoms with Gasteiger partial charge in [0.2, 0.25) is 0 Å². The van der Waals surface area contributed by atoms with Crippen molar-refractivity contribution in [1.82, 2.24) is 9.38 Å². The summed E-state index contributed by atoms with van der Waals surface area (Å²) in [6, 6.07) is 10.7. The van der Waals surface area contributed by atoms with Gasteiger partial charge in [0.25, 0.3) is 0 Å². The van der Waals surface area contributed by atoms with Gasteiger partial charge in [-0.3, -0.25) is 0 Å². The Morgan fingerprint density at radius 3 is 2.64 bits per heavy atom. The van der Waals surface area contributed by atoms with Crippen molar-refractivity contribution < 1.29 is 4.74 Å². The second-order valence-corrected chi connectivity index (χ2v) is 7.10. The van der Waals surface area contributed by atoms with E-state index in [2.05, 4.69) is 41.1 Å². The minimum absolute atomic E-state index is 0.882. The molecule has 1 aliphatic carbocycles.